The molecule has 1 aliphatic rings. The zero-order valence-corrected chi connectivity index (χ0v) is 10.6. The van der Waals surface area contributed by atoms with Crippen LogP contribution in [0.5, 0.6) is 0 Å². The van der Waals surface area contributed by atoms with Crippen molar-refractivity contribution in [3.63, 3.8) is 0 Å². The summed E-state index contributed by atoms with van der Waals surface area (Å²) < 4.78 is 0. The van der Waals surface area contributed by atoms with Gasteiger partial charge >= 0.3 is 6.09 Å². The topological polar surface area (TPSA) is 99.6 Å². The van der Waals surface area contributed by atoms with Crippen molar-refractivity contribution in [2.75, 3.05) is 18.4 Å². The van der Waals surface area contributed by atoms with Crippen LogP contribution < -0.4 is 5.32 Å². The first-order chi connectivity index (χ1) is 9.10. The van der Waals surface area contributed by atoms with Crippen molar-refractivity contribution in [3.05, 3.63) is 17.8 Å². The number of nitrogens with zero attached hydrogens (tertiary/aromatic N) is 2. The number of nitrogens with one attached hydrogen (secondary N) is 1. The zero-order valence-electron chi connectivity index (χ0n) is 9.83. The summed E-state index contributed by atoms with van der Waals surface area (Å²) in [6.07, 6.45) is -0.666. The molecule has 0 bridgehead atoms. The maximum Gasteiger partial charge on any atom is 0.408 e. The lowest BCUT2D eigenvalue weighted by Crippen LogP contribution is -2.31. The highest BCUT2D eigenvalue weighted by molar-refractivity contribution is 8.13. The lowest BCUT2D eigenvalue weighted by molar-refractivity contribution is -0.110. The summed E-state index contributed by atoms with van der Waals surface area (Å²) in [7, 11) is 0. The number of aldehydes is 1. The van der Waals surface area contributed by atoms with E-state index in [1.165, 1.54) is 0 Å². The molecule has 0 saturated carbocycles. The molecule has 2 rings (SSSR count). The Balaban J connectivity index is 2.17. The Morgan fingerprint density at radius 2 is 2.37 bits per heavy atom. The number of rotatable bonds is 4. The molecule has 0 atom stereocenters. The summed E-state index contributed by atoms with van der Waals surface area (Å²) in [5.41, 5.74) is 1.25. The van der Waals surface area contributed by atoms with Crippen LogP contribution in [0, 0.1) is 0 Å². The monoisotopic (exact) mass is 281 g/mol. The Morgan fingerprint density at radius 1 is 1.58 bits per heavy atom. The number of hydrogen-bond donors (Lipinski definition) is 2. The van der Waals surface area contributed by atoms with Crippen LogP contribution in [0.4, 0.5) is 10.5 Å². The molecule has 0 unspecified atom stereocenters. The van der Waals surface area contributed by atoms with Gasteiger partial charge in [-0.15, -0.1) is 0 Å². The largest absolute Gasteiger partial charge is 0.465 e. The number of carboxylic acid groups (broad SMARTS) is 1. The second-order valence-electron chi connectivity index (χ2n) is 3.81. The molecule has 1 aliphatic heterocycles. The summed E-state index contributed by atoms with van der Waals surface area (Å²) in [6, 6.07) is 3.42. The van der Waals surface area contributed by atoms with E-state index in [-0.39, 0.29) is 24.7 Å². The second-order valence-corrected chi connectivity index (χ2v) is 4.86. The standard InChI is InChI=1S/C11H11N3O4S/c15-4-3-14(11(17)18)6-7-1-2-8-10(13-7)19-9(16)5-12-8/h1-2,4,12H,3,5-6H2,(H,17,18). The van der Waals surface area contributed by atoms with Crippen molar-refractivity contribution in [3.8, 4) is 0 Å². The number of pyridine rings is 1. The van der Waals surface area contributed by atoms with Crippen molar-refractivity contribution in [2.24, 2.45) is 0 Å². The smallest absolute Gasteiger partial charge is 0.408 e. The van der Waals surface area contributed by atoms with Gasteiger partial charge in [-0.05, 0) is 23.9 Å². The van der Waals surface area contributed by atoms with Crippen LogP contribution in [0.15, 0.2) is 17.2 Å². The van der Waals surface area contributed by atoms with Gasteiger partial charge < -0.3 is 15.2 Å². The van der Waals surface area contributed by atoms with Gasteiger partial charge in [-0.25, -0.2) is 9.78 Å². The summed E-state index contributed by atoms with van der Waals surface area (Å²) in [5.74, 6) is 0. The van der Waals surface area contributed by atoms with E-state index >= 15 is 0 Å². The fourth-order valence-corrected chi connectivity index (χ4v) is 2.36. The van der Waals surface area contributed by atoms with E-state index in [4.69, 9.17) is 5.11 Å². The van der Waals surface area contributed by atoms with Crippen LogP contribution in [0.3, 0.4) is 0 Å². The number of hydrogen-bond acceptors (Lipinski definition) is 6. The maximum atomic E-state index is 11.3. The lowest BCUT2D eigenvalue weighted by atomic mass is 10.3. The van der Waals surface area contributed by atoms with E-state index in [2.05, 4.69) is 10.3 Å². The summed E-state index contributed by atoms with van der Waals surface area (Å²) >= 11 is 1.03. The van der Waals surface area contributed by atoms with Crippen LogP contribution in [0.1, 0.15) is 5.69 Å². The second kappa shape index (κ2) is 5.70. The highest BCUT2D eigenvalue weighted by Gasteiger charge is 2.19. The van der Waals surface area contributed by atoms with E-state index < -0.39 is 6.09 Å². The third-order valence-electron chi connectivity index (χ3n) is 2.47. The number of aromatic nitrogens is 1. The van der Waals surface area contributed by atoms with Gasteiger partial charge in [-0.1, -0.05) is 0 Å². The number of anilines is 1. The fraction of sp³-hybridized carbons (Fsp3) is 0.273. The van der Waals surface area contributed by atoms with Gasteiger partial charge in [-0.2, -0.15) is 0 Å². The lowest BCUT2D eigenvalue weighted by Gasteiger charge is -2.19. The van der Waals surface area contributed by atoms with E-state index in [9.17, 15) is 14.4 Å². The van der Waals surface area contributed by atoms with Crippen molar-refractivity contribution >= 4 is 34.9 Å². The molecule has 2 heterocycles. The molecule has 19 heavy (non-hydrogen) atoms. The molecule has 0 saturated heterocycles. The van der Waals surface area contributed by atoms with Crippen LogP contribution in [-0.2, 0) is 16.1 Å². The predicted octanol–water partition coefficient (Wildman–Crippen LogP) is 0.805. The highest BCUT2D eigenvalue weighted by Crippen LogP contribution is 2.29. The Morgan fingerprint density at radius 3 is 3.05 bits per heavy atom. The van der Waals surface area contributed by atoms with Crippen LogP contribution in [0.25, 0.3) is 0 Å². The molecular weight excluding hydrogens is 270 g/mol. The molecule has 8 heteroatoms. The summed E-state index contributed by atoms with van der Waals surface area (Å²) in [5, 5.41) is 12.3. The molecule has 100 valence electrons. The van der Waals surface area contributed by atoms with Crippen molar-refractivity contribution in [1.82, 2.24) is 9.88 Å². The summed E-state index contributed by atoms with van der Waals surface area (Å²) in [4.78, 5) is 37.8. The Labute approximate surface area is 113 Å². The Hall–Kier alpha value is -2.09. The quantitative estimate of drug-likeness (QED) is 0.787. The Bertz CT molecular complexity index is 535. The van der Waals surface area contributed by atoms with E-state index in [0.29, 0.717) is 17.0 Å². The molecule has 7 nitrogen and oxygen atoms in total. The van der Waals surface area contributed by atoms with Gasteiger partial charge in [-0.3, -0.25) is 9.69 Å². The molecule has 1 amide bonds. The van der Waals surface area contributed by atoms with E-state index in [0.717, 1.165) is 22.3 Å². The molecular formula is C11H11N3O4S. The van der Waals surface area contributed by atoms with Gasteiger partial charge in [0.15, 0.2) is 0 Å². The summed E-state index contributed by atoms with van der Waals surface area (Å²) in [6.45, 7) is 0.0552. The van der Waals surface area contributed by atoms with E-state index in [1.807, 2.05) is 0 Å². The van der Waals surface area contributed by atoms with Crippen molar-refractivity contribution in [1.29, 1.82) is 0 Å². The Kier molecular flexibility index (Phi) is 4.00. The number of amides is 1. The van der Waals surface area contributed by atoms with Crippen molar-refractivity contribution in [2.45, 2.75) is 11.6 Å². The molecule has 1 aromatic rings. The minimum Gasteiger partial charge on any atom is -0.465 e. The van der Waals surface area contributed by atoms with Crippen LogP contribution in [-0.4, -0.2) is 45.6 Å². The predicted molar refractivity (Wildman–Crippen MR) is 68.1 cm³/mol. The zero-order chi connectivity index (χ0) is 13.8. The van der Waals surface area contributed by atoms with Gasteiger partial charge in [0.05, 0.1) is 31.0 Å². The normalized spacial score (nSPS) is 13.4. The number of fused-ring (bicyclic) bond motifs is 1. The van der Waals surface area contributed by atoms with Crippen molar-refractivity contribution < 1.29 is 19.5 Å². The third-order valence-corrected chi connectivity index (χ3v) is 3.35. The third kappa shape index (κ3) is 3.22. The SMILES string of the molecule is O=CCN(Cc1ccc2c(n1)SC(=O)CN2)C(=O)O. The van der Waals surface area contributed by atoms with Gasteiger partial charge in [0, 0.05) is 0 Å². The first-order valence-corrected chi connectivity index (χ1v) is 6.28. The minimum absolute atomic E-state index is 0.0100. The highest BCUT2D eigenvalue weighted by atomic mass is 32.2. The number of thioether (sulfide) groups is 1. The number of carbonyl (C=O) groups is 3. The molecule has 0 spiro atoms. The molecule has 0 fully saturated rings. The van der Waals surface area contributed by atoms with E-state index in [1.54, 1.807) is 12.1 Å². The fourth-order valence-electron chi connectivity index (χ4n) is 1.59. The average molecular weight is 281 g/mol. The van der Waals surface area contributed by atoms with Gasteiger partial charge in [0.2, 0.25) is 5.12 Å². The average Bonchev–Trinajstić information content (AvgIpc) is 2.37. The number of carbonyl (C=O) groups excluding carboxylic acids is 2. The first kappa shape index (κ1) is 13.3. The molecule has 0 aliphatic carbocycles. The molecule has 0 aromatic carbocycles. The molecule has 2 N–H and O–H groups in total. The first-order valence-electron chi connectivity index (χ1n) is 5.46. The molecule has 1 aromatic heterocycles. The van der Waals surface area contributed by atoms with Gasteiger partial charge in [0.25, 0.3) is 0 Å². The van der Waals surface area contributed by atoms with Crippen LogP contribution >= 0.6 is 11.8 Å². The molecule has 0 radical (unpaired) electrons. The maximum absolute atomic E-state index is 11.3. The minimum atomic E-state index is -1.19. The van der Waals surface area contributed by atoms with Crippen LogP contribution in [0.2, 0.25) is 0 Å². The van der Waals surface area contributed by atoms with Gasteiger partial charge in [0.1, 0.15) is 11.3 Å².